The van der Waals surface area contributed by atoms with Crippen molar-refractivity contribution in [3.8, 4) is 0 Å². The third-order valence-corrected chi connectivity index (χ3v) is 4.17. The normalized spacial score (nSPS) is 11.5. The second-order valence-electron chi connectivity index (χ2n) is 6.56. The number of pyridine rings is 1. The maximum atomic E-state index is 12.8. The minimum Gasteiger partial charge on any atom is -0.361 e. The molecule has 0 aliphatic carbocycles. The fourth-order valence-corrected chi connectivity index (χ4v) is 2.77. The van der Waals surface area contributed by atoms with E-state index in [0.29, 0.717) is 22.2 Å². The Morgan fingerprint density at radius 1 is 1.36 bits per heavy atom. The Hall–Kier alpha value is -2.61. The van der Waals surface area contributed by atoms with E-state index in [2.05, 4.69) is 20.4 Å². The molecule has 0 aromatic carbocycles. The molecule has 3 aromatic heterocycles. The summed E-state index contributed by atoms with van der Waals surface area (Å²) in [4.78, 5) is 20.2. The molecule has 0 atom stereocenters. The maximum Gasteiger partial charge on any atom is 0.212 e. The van der Waals surface area contributed by atoms with Crippen molar-refractivity contribution < 1.29 is 13.7 Å². The van der Waals surface area contributed by atoms with E-state index in [0.717, 1.165) is 5.76 Å². The lowest BCUT2D eigenvalue weighted by Crippen LogP contribution is -2.09. The van der Waals surface area contributed by atoms with E-state index in [1.165, 1.54) is 23.6 Å². The Morgan fingerprint density at radius 3 is 2.80 bits per heavy atom. The van der Waals surface area contributed by atoms with Gasteiger partial charge in [-0.05, 0) is 12.1 Å². The van der Waals surface area contributed by atoms with E-state index in [4.69, 9.17) is 4.52 Å². The average molecular weight is 360 g/mol. The van der Waals surface area contributed by atoms with Gasteiger partial charge in [-0.25, -0.2) is 9.97 Å². The minimum atomic E-state index is -0.553. The topological polar surface area (TPSA) is 80.9 Å². The van der Waals surface area contributed by atoms with Gasteiger partial charge in [0.1, 0.15) is 11.5 Å². The summed E-state index contributed by atoms with van der Waals surface area (Å²) in [7, 11) is 0. The Morgan fingerprint density at radius 2 is 2.16 bits per heavy atom. The fraction of sp³-hybridized carbons (Fsp3) is 0.294. The van der Waals surface area contributed by atoms with Crippen LogP contribution in [0.2, 0.25) is 0 Å². The number of thiazole rings is 1. The van der Waals surface area contributed by atoms with Crippen LogP contribution in [0.25, 0.3) is 0 Å². The molecule has 0 saturated heterocycles. The third-order valence-electron chi connectivity index (χ3n) is 3.41. The van der Waals surface area contributed by atoms with Gasteiger partial charge < -0.3 is 9.84 Å². The van der Waals surface area contributed by atoms with Crippen LogP contribution in [-0.2, 0) is 11.8 Å². The van der Waals surface area contributed by atoms with Crippen molar-refractivity contribution in [3.05, 3.63) is 52.9 Å². The molecule has 0 radical (unpaired) electrons. The summed E-state index contributed by atoms with van der Waals surface area (Å²) in [5, 5.41) is 9.14. The highest BCUT2D eigenvalue weighted by Crippen LogP contribution is 2.24. The van der Waals surface area contributed by atoms with Crippen molar-refractivity contribution in [2.24, 2.45) is 0 Å². The molecule has 3 aromatic rings. The number of nitrogens with one attached hydrogen (secondary N) is 1. The van der Waals surface area contributed by atoms with Gasteiger partial charge in [-0.15, -0.1) is 11.3 Å². The van der Waals surface area contributed by atoms with Crippen LogP contribution in [0, 0.1) is 5.95 Å². The molecule has 6 nitrogen and oxygen atoms in total. The Bertz CT molecular complexity index is 881. The highest BCUT2D eigenvalue weighted by atomic mass is 32.1. The van der Waals surface area contributed by atoms with Crippen LogP contribution in [0.4, 0.5) is 15.2 Å². The number of aromatic nitrogens is 3. The van der Waals surface area contributed by atoms with E-state index in [-0.39, 0.29) is 17.6 Å². The number of rotatable bonds is 5. The first kappa shape index (κ1) is 17.2. The van der Waals surface area contributed by atoms with Crippen molar-refractivity contribution in [1.29, 1.82) is 0 Å². The van der Waals surface area contributed by atoms with Crippen molar-refractivity contribution in [3.63, 3.8) is 0 Å². The molecule has 0 bridgehead atoms. The fourth-order valence-electron chi connectivity index (χ4n) is 2.04. The zero-order chi connectivity index (χ0) is 18.0. The number of hydrogen-bond acceptors (Lipinski definition) is 7. The molecule has 3 rings (SSSR count). The molecule has 3 heterocycles. The number of carbonyl (C=O) groups is 1. The standard InChI is InChI=1S/C17H17FN4O2S/c1-17(2,3)14-7-11(22-24-14)6-13(23)12-9-25-16(21-12)20-10-4-5-15(18)19-8-10/h4-5,7-9H,6H2,1-3H3,(H,20,21). The summed E-state index contributed by atoms with van der Waals surface area (Å²) in [6.45, 7) is 6.05. The Labute approximate surface area is 148 Å². The molecule has 1 N–H and O–H groups in total. The first-order chi connectivity index (χ1) is 11.8. The first-order valence-corrected chi connectivity index (χ1v) is 8.52. The molecular weight excluding hydrogens is 343 g/mol. The SMILES string of the molecule is CC(C)(C)c1cc(CC(=O)c2csc(Nc3ccc(F)nc3)n2)no1. The van der Waals surface area contributed by atoms with Gasteiger partial charge >= 0.3 is 0 Å². The number of ketones is 1. The average Bonchev–Trinajstić information content (AvgIpc) is 3.18. The molecule has 25 heavy (non-hydrogen) atoms. The van der Waals surface area contributed by atoms with Crippen molar-refractivity contribution in [1.82, 2.24) is 15.1 Å². The van der Waals surface area contributed by atoms with Crippen LogP contribution in [0.5, 0.6) is 0 Å². The van der Waals surface area contributed by atoms with Gasteiger partial charge in [-0.2, -0.15) is 4.39 Å². The third kappa shape index (κ3) is 4.27. The van der Waals surface area contributed by atoms with Crippen LogP contribution in [0.3, 0.4) is 0 Å². The summed E-state index contributed by atoms with van der Waals surface area (Å²) in [5.41, 5.74) is 1.37. The van der Waals surface area contributed by atoms with Crippen LogP contribution in [0.15, 0.2) is 34.3 Å². The van der Waals surface area contributed by atoms with Gasteiger partial charge in [-0.1, -0.05) is 25.9 Å². The Balaban J connectivity index is 1.66. The Kier molecular flexibility index (Phi) is 4.63. The predicted octanol–water partition coefficient (Wildman–Crippen LogP) is 4.13. The van der Waals surface area contributed by atoms with Crippen LogP contribution in [0.1, 0.15) is 42.7 Å². The molecule has 0 unspecified atom stereocenters. The van der Waals surface area contributed by atoms with Crippen molar-refractivity contribution >= 4 is 27.9 Å². The quantitative estimate of drug-likeness (QED) is 0.544. The highest BCUT2D eigenvalue weighted by Gasteiger charge is 2.21. The molecule has 0 aliphatic heterocycles. The summed E-state index contributed by atoms with van der Waals surface area (Å²) >= 11 is 1.29. The summed E-state index contributed by atoms with van der Waals surface area (Å²) < 4.78 is 18.1. The van der Waals surface area contributed by atoms with Gasteiger partial charge in [0.15, 0.2) is 10.9 Å². The lowest BCUT2D eigenvalue weighted by Gasteiger charge is -2.12. The number of nitrogens with zero attached hydrogens (tertiary/aromatic N) is 3. The lowest BCUT2D eigenvalue weighted by molar-refractivity contribution is 0.0986. The van der Waals surface area contributed by atoms with Gasteiger partial charge in [0.25, 0.3) is 0 Å². The molecule has 8 heteroatoms. The molecule has 0 spiro atoms. The second kappa shape index (κ2) is 6.72. The zero-order valence-electron chi connectivity index (χ0n) is 14.0. The minimum absolute atomic E-state index is 0.126. The second-order valence-corrected chi connectivity index (χ2v) is 7.42. The first-order valence-electron chi connectivity index (χ1n) is 7.64. The monoisotopic (exact) mass is 360 g/mol. The largest absolute Gasteiger partial charge is 0.361 e. The number of hydrogen-bond donors (Lipinski definition) is 1. The number of halogens is 1. The smallest absolute Gasteiger partial charge is 0.212 e. The number of carbonyl (C=O) groups excluding carboxylic acids is 1. The predicted molar refractivity (Wildman–Crippen MR) is 92.8 cm³/mol. The van der Waals surface area contributed by atoms with Gasteiger partial charge in [-0.3, -0.25) is 4.79 Å². The van der Waals surface area contributed by atoms with Gasteiger partial charge in [0.2, 0.25) is 5.95 Å². The summed E-state index contributed by atoms with van der Waals surface area (Å²) in [6.07, 6.45) is 1.49. The molecule has 0 aliphatic rings. The van der Waals surface area contributed by atoms with E-state index < -0.39 is 5.95 Å². The van der Waals surface area contributed by atoms with Crippen LogP contribution >= 0.6 is 11.3 Å². The van der Waals surface area contributed by atoms with E-state index in [9.17, 15) is 9.18 Å². The summed E-state index contributed by atoms with van der Waals surface area (Å²) in [6, 6.07) is 4.60. The van der Waals surface area contributed by atoms with E-state index in [1.807, 2.05) is 20.8 Å². The summed E-state index contributed by atoms with van der Waals surface area (Å²) in [5.74, 6) is 0.0397. The number of anilines is 2. The van der Waals surface area contributed by atoms with Crippen molar-refractivity contribution in [2.45, 2.75) is 32.6 Å². The van der Waals surface area contributed by atoms with Gasteiger partial charge in [0, 0.05) is 16.9 Å². The maximum absolute atomic E-state index is 12.8. The molecule has 130 valence electrons. The van der Waals surface area contributed by atoms with Crippen LogP contribution < -0.4 is 5.32 Å². The highest BCUT2D eigenvalue weighted by molar-refractivity contribution is 7.14. The molecule has 0 amide bonds. The van der Waals surface area contributed by atoms with Gasteiger partial charge in [0.05, 0.1) is 24.0 Å². The van der Waals surface area contributed by atoms with E-state index >= 15 is 0 Å². The zero-order valence-corrected chi connectivity index (χ0v) is 14.9. The lowest BCUT2D eigenvalue weighted by atomic mass is 9.93. The molecular formula is C17H17FN4O2S. The number of Topliss-reactive ketones (excluding diaryl/α,β-unsaturated/α-hetero) is 1. The van der Waals surface area contributed by atoms with Crippen molar-refractivity contribution in [2.75, 3.05) is 5.32 Å². The molecule has 0 fully saturated rings. The van der Waals surface area contributed by atoms with E-state index in [1.54, 1.807) is 17.5 Å². The van der Waals surface area contributed by atoms with Crippen LogP contribution in [-0.4, -0.2) is 20.9 Å². The molecule has 0 saturated carbocycles.